The maximum Gasteiger partial charge on any atom is 0.252 e. The number of aromatic nitrogens is 1. The van der Waals surface area contributed by atoms with E-state index < -0.39 is 5.91 Å². The Bertz CT molecular complexity index is 974. The lowest BCUT2D eigenvalue weighted by Crippen LogP contribution is -2.26. The summed E-state index contributed by atoms with van der Waals surface area (Å²) in [6.07, 6.45) is 3.42. The first-order chi connectivity index (χ1) is 13.5. The Kier molecular flexibility index (Phi) is 6.01. The summed E-state index contributed by atoms with van der Waals surface area (Å²) in [5.41, 5.74) is 7.95. The lowest BCUT2D eigenvalue weighted by atomic mass is 10.1. The van der Waals surface area contributed by atoms with Crippen molar-refractivity contribution in [1.82, 2.24) is 10.3 Å². The highest BCUT2D eigenvalue weighted by atomic mass is 16.5. The van der Waals surface area contributed by atoms with Gasteiger partial charge in [-0.15, -0.1) is 0 Å². The van der Waals surface area contributed by atoms with Gasteiger partial charge in [0.2, 0.25) is 0 Å². The van der Waals surface area contributed by atoms with Crippen LogP contribution in [0.25, 0.3) is 0 Å². The molecule has 0 saturated carbocycles. The average molecular weight is 375 g/mol. The predicted molar refractivity (Wildman–Crippen MR) is 106 cm³/mol. The molecule has 1 aromatic heterocycles. The number of nitrogens with one attached hydrogen (secondary N) is 1. The van der Waals surface area contributed by atoms with E-state index in [1.165, 1.54) is 0 Å². The van der Waals surface area contributed by atoms with E-state index in [1.807, 2.05) is 25.1 Å². The lowest BCUT2D eigenvalue weighted by Gasteiger charge is -2.14. The van der Waals surface area contributed by atoms with Crippen molar-refractivity contribution in [2.24, 2.45) is 5.73 Å². The summed E-state index contributed by atoms with van der Waals surface area (Å²) in [5.74, 6) is -0.320. The number of amides is 2. The zero-order valence-electron chi connectivity index (χ0n) is 15.5. The quantitative estimate of drug-likeness (QED) is 0.663. The van der Waals surface area contributed by atoms with Crippen molar-refractivity contribution in [3.05, 3.63) is 95.3 Å². The van der Waals surface area contributed by atoms with E-state index >= 15 is 0 Å². The molecular weight excluding hydrogens is 354 g/mol. The summed E-state index contributed by atoms with van der Waals surface area (Å²) in [7, 11) is 0. The molecule has 3 N–H and O–H groups in total. The molecule has 0 fully saturated rings. The largest absolute Gasteiger partial charge is 0.488 e. The molecule has 2 amide bonds. The van der Waals surface area contributed by atoms with Crippen LogP contribution in [0, 0.1) is 0 Å². The summed E-state index contributed by atoms with van der Waals surface area (Å²) in [6, 6.07) is 17.5. The molecular formula is C22H21N3O3. The fraction of sp³-hybridized carbons (Fsp3) is 0.136. The fourth-order valence-electron chi connectivity index (χ4n) is 2.75. The molecule has 0 aliphatic rings. The van der Waals surface area contributed by atoms with Crippen LogP contribution in [0.4, 0.5) is 0 Å². The van der Waals surface area contributed by atoms with Crippen LogP contribution in [-0.4, -0.2) is 16.8 Å². The number of hydrogen-bond donors (Lipinski definition) is 2. The van der Waals surface area contributed by atoms with Gasteiger partial charge < -0.3 is 15.8 Å². The van der Waals surface area contributed by atoms with Crippen molar-refractivity contribution in [3.8, 4) is 5.75 Å². The third kappa shape index (κ3) is 4.73. The Morgan fingerprint density at radius 1 is 1.11 bits per heavy atom. The van der Waals surface area contributed by atoms with Crippen LogP contribution in [-0.2, 0) is 6.61 Å². The van der Waals surface area contributed by atoms with Crippen molar-refractivity contribution >= 4 is 11.8 Å². The molecule has 0 aliphatic carbocycles. The van der Waals surface area contributed by atoms with Crippen molar-refractivity contribution in [3.63, 3.8) is 0 Å². The summed E-state index contributed by atoms with van der Waals surface area (Å²) in [4.78, 5) is 28.1. The number of pyridine rings is 1. The Balaban J connectivity index is 1.67. The van der Waals surface area contributed by atoms with E-state index in [0.29, 0.717) is 16.9 Å². The Morgan fingerprint density at radius 3 is 2.68 bits per heavy atom. The van der Waals surface area contributed by atoms with Gasteiger partial charge in [-0.2, -0.15) is 0 Å². The van der Waals surface area contributed by atoms with Crippen LogP contribution < -0.4 is 15.8 Å². The summed E-state index contributed by atoms with van der Waals surface area (Å²) < 4.78 is 5.73. The first-order valence-corrected chi connectivity index (χ1v) is 8.86. The van der Waals surface area contributed by atoms with Gasteiger partial charge in [-0.3, -0.25) is 14.6 Å². The number of para-hydroxylation sites is 1. The lowest BCUT2D eigenvalue weighted by molar-refractivity contribution is 0.0938. The molecule has 0 radical (unpaired) electrons. The van der Waals surface area contributed by atoms with Crippen molar-refractivity contribution in [2.45, 2.75) is 19.6 Å². The molecule has 1 atom stereocenters. The van der Waals surface area contributed by atoms with Crippen molar-refractivity contribution < 1.29 is 14.3 Å². The van der Waals surface area contributed by atoms with E-state index in [9.17, 15) is 9.59 Å². The molecule has 0 aliphatic heterocycles. The van der Waals surface area contributed by atoms with Crippen LogP contribution in [0.2, 0.25) is 0 Å². The number of carbonyl (C=O) groups is 2. The van der Waals surface area contributed by atoms with Crippen molar-refractivity contribution in [1.29, 1.82) is 0 Å². The highest BCUT2D eigenvalue weighted by Crippen LogP contribution is 2.19. The van der Waals surface area contributed by atoms with Crippen LogP contribution in [0.15, 0.2) is 73.1 Å². The van der Waals surface area contributed by atoms with Gasteiger partial charge in [0.25, 0.3) is 11.8 Å². The van der Waals surface area contributed by atoms with Gasteiger partial charge >= 0.3 is 0 Å². The van der Waals surface area contributed by atoms with E-state index in [-0.39, 0.29) is 18.6 Å². The zero-order valence-corrected chi connectivity index (χ0v) is 15.5. The van der Waals surface area contributed by atoms with Gasteiger partial charge in [0.1, 0.15) is 12.4 Å². The SMILES string of the molecule is C[C@H](NC(=O)c1cccc(COc2ccccc2C(N)=O)c1)c1cccnc1. The standard InChI is InChI=1S/C22H21N3O3/c1-15(18-8-5-11-24-13-18)25-22(27)17-7-4-6-16(12-17)14-28-20-10-3-2-9-19(20)21(23)26/h2-13,15H,14H2,1H3,(H2,23,26)(H,25,27)/t15-/m0/s1. The number of benzene rings is 2. The molecule has 0 unspecified atom stereocenters. The first kappa shape index (κ1) is 19.1. The second kappa shape index (κ2) is 8.81. The maximum absolute atomic E-state index is 12.6. The van der Waals surface area contributed by atoms with E-state index in [4.69, 9.17) is 10.5 Å². The number of hydrogen-bond acceptors (Lipinski definition) is 4. The summed E-state index contributed by atoms with van der Waals surface area (Å²) >= 11 is 0. The molecule has 3 aromatic rings. The second-order valence-electron chi connectivity index (χ2n) is 6.33. The minimum Gasteiger partial charge on any atom is -0.488 e. The topological polar surface area (TPSA) is 94.3 Å². The van der Waals surface area contributed by atoms with Gasteiger partial charge in [0.15, 0.2) is 0 Å². The third-order valence-electron chi connectivity index (χ3n) is 4.27. The zero-order chi connectivity index (χ0) is 19.9. The predicted octanol–water partition coefficient (Wildman–Crippen LogP) is 3.25. The number of nitrogens with two attached hydrogens (primary N) is 1. The van der Waals surface area contributed by atoms with E-state index in [0.717, 1.165) is 11.1 Å². The smallest absolute Gasteiger partial charge is 0.252 e. The number of ether oxygens (including phenoxy) is 1. The van der Waals surface area contributed by atoms with Gasteiger partial charge in [-0.05, 0) is 48.4 Å². The molecule has 1 heterocycles. The van der Waals surface area contributed by atoms with E-state index in [2.05, 4.69) is 10.3 Å². The van der Waals surface area contributed by atoms with Gasteiger partial charge in [-0.1, -0.05) is 30.3 Å². The van der Waals surface area contributed by atoms with Crippen LogP contribution in [0.1, 0.15) is 44.8 Å². The molecule has 2 aromatic carbocycles. The highest BCUT2D eigenvalue weighted by molar-refractivity contribution is 5.95. The van der Waals surface area contributed by atoms with Crippen LogP contribution in [0.3, 0.4) is 0 Å². The second-order valence-corrected chi connectivity index (χ2v) is 6.33. The molecule has 6 nitrogen and oxygen atoms in total. The van der Waals surface area contributed by atoms with Crippen LogP contribution >= 0.6 is 0 Å². The Hall–Kier alpha value is -3.67. The Labute approximate surface area is 163 Å². The number of carbonyl (C=O) groups excluding carboxylic acids is 2. The third-order valence-corrected chi connectivity index (χ3v) is 4.27. The highest BCUT2D eigenvalue weighted by Gasteiger charge is 2.13. The molecule has 0 bridgehead atoms. The van der Waals surface area contributed by atoms with Gasteiger partial charge in [-0.25, -0.2) is 0 Å². The van der Waals surface area contributed by atoms with E-state index in [1.54, 1.807) is 54.9 Å². The van der Waals surface area contributed by atoms with Gasteiger partial charge in [0.05, 0.1) is 11.6 Å². The Morgan fingerprint density at radius 2 is 1.93 bits per heavy atom. The molecule has 0 spiro atoms. The number of nitrogens with zero attached hydrogens (tertiary/aromatic N) is 1. The van der Waals surface area contributed by atoms with Crippen molar-refractivity contribution in [2.75, 3.05) is 0 Å². The monoisotopic (exact) mass is 375 g/mol. The minimum absolute atomic E-state index is 0.163. The van der Waals surface area contributed by atoms with Gasteiger partial charge in [0, 0.05) is 18.0 Å². The average Bonchev–Trinajstić information content (AvgIpc) is 2.73. The number of rotatable bonds is 7. The number of primary amides is 1. The molecule has 6 heteroatoms. The molecule has 3 rings (SSSR count). The first-order valence-electron chi connectivity index (χ1n) is 8.86. The maximum atomic E-state index is 12.6. The summed E-state index contributed by atoms with van der Waals surface area (Å²) in [6.45, 7) is 2.12. The normalized spacial score (nSPS) is 11.5. The minimum atomic E-state index is -0.548. The molecule has 0 saturated heterocycles. The van der Waals surface area contributed by atoms with Crippen LogP contribution in [0.5, 0.6) is 5.75 Å². The summed E-state index contributed by atoms with van der Waals surface area (Å²) in [5, 5.41) is 2.96. The molecule has 28 heavy (non-hydrogen) atoms. The fourth-order valence-corrected chi connectivity index (χ4v) is 2.75. The molecule has 142 valence electrons.